The second kappa shape index (κ2) is 8.40. The van der Waals surface area contributed by atoms with Crippen LogP contribution in [0.3, 0.4) is 0 Å². The zero-order valence-corrected chi connectivity index (χ0v) is 13.9. The summed E-state index contributed by atoms with van der Waals surface area (Å²) in [6, 6.07) is 0. The van der Waals surface area contributed by atoms with Gasteiger partial charge >= 0.3 is 11.9 Å². The molecule has 0 radical (unpaired) electrons. The normalized spacial score (nSPS) is 22.7. The summed E-state index contributed by atoms with van der Waals surface area (Å²) in [5, 5.41) is 0. The lowest BCUT2D eigenvalue weighted by Crippen LogP contribution is -2.39. The van der Waals surface area contributed by atoms with E-state index < -0.39 is 17.4 Å². The van der Waals surface area contributed by atoms with E-state index in [1.165, 1.54) is 0 Å². The SMILES string of the molecule is CCCCCOC(=O)C(C)(C)C(=O)OC1CCC(C)CC1. The quantitative estimate of drug-likeness (QED) is 0.407. The van der Waals surface area contributed by atoms with Gasteiger partial charge in [-0.1, -0.05) is 26.7 Å². The van der Waals surface area contributed by atoms with Gasteiger partial charge in [-0.3, -0.25) is 9.59 Å². The molecule has 0 N–H and O–H groups in total. The van der Waals surface area contributed by atoms with Crippen molar-refractivity contribution >= 4 is 11.9 Å². The average Bonchev–Trinajstić information content (AvgIpc) is 2.45. The Balaban J connectivity index is 2.40. The number of ether oxygens (including phenoxy) is 2. The van der Waals surface area contributed by atoms with E-state index in [4.69, 9.17) is 9.47 Å². The Morgan fingerprint density at radius 3 is 2.24 bits per heavy atom. The monoisotopic (exact) mass is 298 g/mol. The molecule has 4 nitrogen and oxygen atoms in total. The molecule has 1 rings (SSSR count). The highest BCUT2D eigenvalue weighted by molar-refractivity contribution is 5.99. The van der Waals surface area contributed by atoms with E-state index in [0.717, 1.165) is 44.9 Å². The van der Waals surface area contributed by atoms with Crippen LogP contribution in [0.2, 0.25) is 0 Å². The van der Waals surface area contributed by atoms with Crippen LogP contribution >= 0.6 is 0 Å². The molecule has 21 heavy (non-hydrogen) atoms. The molecule has 4 heteroatoms. The topological polar surface area (TPSA) is 52.6 Å². The molecule has 0 spiro atoms. The van der Waals surface area contributed by atoms with Crippen molar-refractivity contribution in [3.8, 4) is 0 Å². The van der Waals surface area contributed by atoms with Gasteiger partial charge in [-0.2, -0.15) is 0 Å². The molecule has 0 amide bonds. The fourth-order valence-corrected chi connectivity index (χ4v) is 2.43. The van der Waals surface area contributed by atoms with E-state index in [1.54, 1.807) is 13.8 Å². The van der Waals surface area contributed by atoms with Crippen LogP contribution in [-0.4, -0.2) is 24.6 Å². The minimum Gasteiger partial charge on any atom is -0.465 e. The first-order chi connectivity index (χ1) is 9.87. The van der Waals surface area contributed by atoms with Gasteiger partial charge in [0.25, 0.3) is 0 Å². The van der Waals surface area contributed by atoms with Crippen molar-refractivity contribution in [3.63, 3.8) is 0 Å². The maximum Gasteiger partial charge on any atom is 0.323 e. The molecule has 0 aromatic heterocycles. The van der Waals surface area contributed by atoms with Crippen molar-refractivity contribution in [2.24, 2.45) is 11.3 Å². The summed E-state index contributed by atoms with van der Waals surface area (Å²) in [4.78, 5) is 24.3. The number of carbonyl (C=O) groups is 2. The third kappa shape index (κ3) is 5.68. The van der Waals surface area contributed by atoms with Crippen LogP contribution < -0.4 is 0 Å². The maximum atomic E-state index is 12.2. The van der Waals surface area contributed by atoms with E-state index in [9.17, 15) is 9.59 Å². The van der Waals surface area contributed by atoms with E-state index in [2.05, 4.69) is 13.8 Å². The average molecular weight is 298 g/mol. The van der Waals surface area contributed by atoms with Crippen LogP contribution in [0.1, 0.15) is 72.6 Å². The summed E-state index contributed by atoms with van der Waals surface area (Å²) in [6.45, 7) is 7.86. The second-order valence-electron chi connectivity index (χ2n) is 6.76. The Kier molecular flexibility index (Phi) is 7.20. The van der Waals surface area contributed by atoms with Crippen LogP contribution in [0.4, 0.5) is 0 Å². The Morgan fingerprint density at radius 2 is 1.67 bits per heavy atom. The molecular formula is C17H30O4. The van der Waals surface area contributed by atoms with E-state index >= 15 is 0 Å². The van der Waals surface area contributed by atoms with Crippen LogP contribution in [0.15, 0.2) is 0 Å². The smallest absolute Gasteiger partial charge is 0.323 e. The molecule has 0 aromatic rings. The first-order valence-electron chi connectivity index (χ1n) is 8.26. The lowest BCUT2D eigenvalue weighted by molar-refractivity contribution is -0.174. The first kappa shape index (κ1) is 18.0. The molecule has 1 fully saturated rings. The maximum absolute atomic E-state index is 12.2. The molecule has 0 heterocycles. The fourth-order valence-electron chi connectivity index (χ4n) is 2.43. The predicted octanol–water partition coefficient (Wildman–Crippen LogP) is 3.87. The second-order valence-corrected chi connectivity index (χ2v) is 6.76. The zero-order chi connectivity index (χ0) is 15.9. The first-order valence-corrected chi connectivity index (χ1v) is 8.26. The summed E-state index contributed by atoms with van der Waals surface area (Å²) in [5.41, 5.74) is -1.21. The summed E-state index contributed by atoms with van der Waals surface area (Å²) in [5.74, 6) is -0.230. The van der Waals surface area contributed by atoms with Crippen LogP contribution in [0, 0.1) is 11.3 Å². The molecule has 0 atom stereocenters. The van der Waals surface area contributed by atoms with Crippen molar-refractivity contribution in [3.05, 3.63) is 0 Å². The molecule has 0 aliphatic heterocycles. The van der Waals surface area contributed by atoms with Gasteiger partial charge in [0.1, 0.15) is 6.10 Å². The lowest BCUT2D eigenvalue weighted by atomic mass is 9.88. The van der Waals surface area contributed by atoms with Gasteiger partial charge in [-0.05, 0) is 51.9 Å². The van der Waals surface area contributed by atoms with Crippen LogP contribution in [-0.2, 0) is 19.1 Å². The summed E-state index contributed by atoms with van der Waals surface area (Å²) in [6.07, 6.45) is 6.86. The number of rotatable bonds is 7. The summed E-state index contributed by atoms with van der Waals surface area (Å²) in [7, 11) is 0. The number of carbonyl (C=O) groups excluding carboxylic acids is 2. The predicted molar refractivity (Wildman–Crippen MR) is 81.8 cm³/mol. The zero-order valence-electron chi connectivity index (χ0n) is 13.9. The number of esters is 2. The lowest BCUT2D eigenvalue weighted by Gasteiger charge is -2.29. The summed E-state index contributed by atoms with van der Waals surface area (Å²) >= 11 is 0. The standard InChI is InChI=1S/C17H30O4/c1-5-6-7-12-20-15(18)17(3,4)16(19)21-14-10-8-13(2)9-11-14/h13-14H,5-12H2,1-4H3. The third-order valence-electron chi connectivity index (χ3n) is 4.24. The molecule has 122 valence electrons. The van der Waals surface area contributed by atoms with Gasteiger partial charge in [0.2, 0.25) is 0 Å². The van der Waals surface area contributed by atoms with Crippen LogP contribution in [0.5, 0.6) is 0 Å². The number of hydrogen-bond acceptors (Lipinski definition) is 4. The number of hydrogen-bond donors (Lipinski definition) is 0. The molecule has 1 saturated carbocycles. The largest absolute Gasteiger partial charge is 0.465 e. The number of unbranched alkanes of at least 4 members (excludes halogenated alkanes) is 2. The minimum absolute atomic E-state index is 0.0409. The van der Waals surface area contributed by atoms with Crippen molar-refractivity contribution < 1.29 is 19.1 Å². The van der Waals surface area contributed by atoms with E-state index in [-0.39, 0.29) is 6.10 Å². The summed E-state index contributed by atoms with van der Waals surface area (Å²) < 4.78 is 10.7. The van der Waals surface area contributed by atoms with E-state index in [1.807, 2.05) is 0 Å². The van der Waals surface area contributed by atoms with E-state index in [0.29, 0.717) is 12.5 Å². The highest BCUT2D eigenvalue weighted by Crippen LogP contribution is 2.28. The van der Waals surface area contributed by atoms with Gasteiger partial charge in [0.05, 0.1) is 6.61 Å². The van der Waals surface area contributed by atoms with Gasteiger partial charge in [-0.25, -0.2) is 0 Å². The molecular weight excluding hydrogens is 268 g/mol. The van der Waals surface area contributed by atoms with Crippen molar-refractivity contribution in [2.45, 2.75) is 78.7 Å². The molecule has 0 saturated heterocycles. The fraction of sp³-hybridized carbons (Fsp3) is 0.882. The van der Waals surface area contributed by atoms with Crippen molar-refractivity contribution in [1.82, 2.24) is 0 Å². The minimum atomic E-state index is -1.21. The Labute approximate surface area is 128 Å². The Bertz CT molecular complexity index is 341. The van der Waals surface area contributed by atoms with Gasteiger partial charge in [-0.15, -0.1) is 0 Å². The Hall–Kier alpha value is -1.06. The molecule has 1 aliphatic rings. The molecule has 0 aromatic carbocycles. The molecule has 1 aliphatic carbocycles. The third-order valence-corrected chi connectivity index (χ3v) is 4.24. The Morgan fingerprint density at radius 1 is 1.05 bits per heavy atom. The highest BCUT2D eigenvalue weighted by atomic mass is 16.6. The van der Waals surface area contributed by atoms with Crippen LogP contribution in [0.25, 0.3) is 0 Å². The van der Waals surface area contributed by atoms with Gasteiger partial charge < -0.3 is 9.47 Å². The van der Waals surface area contributed by atoms with Gasteiger partial charge in [0, 0.05) is 0 Å². The van der Waals surface area contributed by atoms with Crippen molar-refractivity contribution in [1.29, 1.82) is 0 Å². The molecule has 0 unspecified atom stereocenters. The highest BCUT2D eigenvalue weighted by Gasteiger charge is 2.40. The van der Waals surface area contributed by atoms with Crippen molar-refractivity contribution in [2.75, 3.05) is 6.61 Å². The van der Waals surface area contributed by atoms with Gasteiger partial charge in [0.15, 0.2) is 5.41 Å². The molecule has 0 bridgehead atoms.